The number of pyridine rings is 1. The number of carbonyl (C=O) groups excluding carboxylic acids is 1. The smallest absolute Gasteiger partial charge is 0.407 e. The van der Waals surface area contributed by atoms with Gasteiger partial charge in [0, 0.05) is 35.7 Å². The molecule has 0 aliphatic carbocycles. The van der Waals surface area contributed by atoms with Gasteiger partial charge in [-0.05, 0) is 54.5 Å². The van der Waals surface area contributed by atoms with E-state index in [-0.39, 0.29) is 22.9 Å². The third-order valence-corrected chi connectivity index (χ3v) is 6.12. The van der Waals surface area contributed by atoms with Crippen molar-refractivity contribution >= 4 is 35.4 Å². The Hall–Kier alpha value is -3.37. The van der Waals surface area contributed by atoms with E-state index in [1.165, 1.54) is 23.4 Å². The molecule has 1 aliphatic heterocycles. The molecule has 8 heteroatoms. The van der Waals surface area contributed by atoms with E-state index in [0.29, 0.717) is 35.7 Å². The second-order valence-electron chi connectivity index (χ2n) is 9.31. The summed E-state index contributed by atoms with van der Waals surface area (Å²) in [6.45, 7) is 8.48. The predicted octanol–water partition coefficient (Wildman–Crippen LogP) is 5.74. The number of nitrogens with zero attached hydrogens (tertiary/aromatic N) is 3. The second kappa shape index (κ2) is 9.63. The lowest BCUT2D eigenvalue weighted by atomic mass is 9.79. The first kappa shape index (κ1) is 24.3. The highest BCUT2D eigenvalue weighted by molar-refractivity contribution is 6.31. The third kappa shape index (κ3) is 5.71. The topological polar surface area (TPSA) is 106 Å². The molecule has 0 bridgehead atoms. The fourth-order valence-electron chi connectivity index (χ4n) is 4.03. The van der Waals surface area contributed by atoms with Gasteiger partial charge in [0.1, 0.15) is 6.07 Å². The van der Waals surface area contributed by atoms with Crippen LogP contribution in [0.4, 0.5) is 10.5 Å². The standard InChI is InChI=1S/C25H27ClN4O3/c1-15-18(7-16-5-6-30(24(32)33)22(9-16)25(2,3)4)10-20(26)11-21(15)29-23(31)19-8-17(12-27)13-28-14-19/h7-8,10-11,13-14,22H,5-6,9H2,1-4H3,(H,29,31)(H,32,33). The zero-order chi connectivity index (χ0) is 24.3. The lowest BCUT2D eigenvalue weighted by Gasteiger charge is -2.42. The molecule has 2 amide bonds. The van der Waals surface area contributed by atoms with Crippen molar-refractivity contribution in [2.45, 2.75) is 46.6 Å². The first-order chi connectivity index (χ1) is 15.5. The van der Waals surface area contributed by atoms with Crippen molar-refractivity contribution in [1.29, 1.82) is 5.26 Å². The molecule has 3 rings (SSSR count). The van der Waals surface area contributed by atoms with Crippen LogP contribution in [-0.4, -0.2) is 39.6 Å². The van der Waals surface area contributed by atoms with E-state index in [4.69, 9.17) is 16.9 Å². The lowest BCUT2D eigenvalue weighted by Crippen LogP contribution is -2.50. The Bertz CT molecular complexity index is 1160. The summed E-state index contributed by atoms with van der Waals surface area (Å²) in [7, 11) is 0. The van der Waals surface area contributed by atoms with Crippen LogP contribution in [0.2, 0.25) is 5.02 Å². The molecular weight excluding hydrogens is 440 g/mol. The number of carboxylic acid groups (broad SMARTS) is 1. The summed E-state index contributed by atoms with van der Waals surface area (Å²) in [4.78, 5) is 29.9. The summed E-state index contributed by atoms with van der Waals surface area (Å²) >= 11 is 6.36. The van der Waals surface area contributed by atoms with Crippen molar-refractivity contribution in [2.75, 3.05) is 11.9 Å². The van der Waals surface area contributed by atoms with Crippen LogP contribution in [0.15, 0.2) is 36.2 Å². The Kier molecular flexibility index (Phi) is 7.09. The normalized spacial score (nSPS) is 17.5. The number of carbonyl (C=O) groups is 2. The third-order valence-electron chi connectivity index (χ3n) is 5.90. The van der Waals surface area contributed by atoms with E-state index < -0.39 is 6.09 Å². The van der Waals surface area contributed by atoms with Crippen molar-refractivity contribution in [3.05, 3.63) is 63.4 Å². The average molecular weight is 467 g/mol. The Morgan fingerprint density at radius 2 is 2.03 bits per heavy atom. The number of amides is 2. The molecule has 1 fully saturated rings. The molecule has 33 heavy (non-hydrogen) atoms. The number of nitrogens with one attached hydrogen (secondary N) is 1. The van der Waals surface area contributed by atoms with Gasteiger partial charge in [-0.1, -0.05) is 44.0 Å². The van der Waals surface area contributed by atoms with Crippen LogP contribution >= 0.6 is 11.6 Å². The molecule has 0 radical (unpaired) electrons. The number of likely N-dealkylation sites (tertiary alicyclic amines) is 1. The molecule has 1 aliphatic rings. The van der Waals surface area contributed by atoms with Crippen molar-refractivity contribution in [2.24, 2.45) is 5.41 Å². The number of hydrogen-bond donors (Lipinski definition) is 2. The minimum atomic E-state index is -0.895. The monoisotopic (exact) mass is 466 g/mol. The minimum absolute atomic E-state index is 0.131. The van der Waals surface area contributed by atoms with Gasteiger partial charge in [-0.15, -0.1) is 0 Å². The Morgan fingerprint density at radius 3 is 2.67 bits per heavy atom. The maximum absolute atomic E-state index is 12.7. The highest BCUT2D eigenvalue weighted by Crippen LogP contribution is 2.36. The van der Waals surface area contributed by atoms with Crippen molar-refractivity contribution < 1.29 is 14.7 Å². The molecule has 2 aromatic rings. The number of rotatable bonds is 3. The van der Waals surface area contributed by atoms with Gasteiger partial charge in [-0.25, -0.2) is 4.79 Å². The molecule has 2 heterocycles. The number of aromatic nitrogens is 1. The molecule has 1 aromatic carbocycles. The number of anilines is 1. The van der Waals surface area contributed by atoms with Crippen LogP contribution in [0, 0.1) is 23.7 Å². The van der Waals surface area contributed by atoms with E-state index in [1.54, 1.807) is 6.07 Å². The number of piperidine rings is 1. The summed E-state index contributed by atoms with van der Waals surface area (Å²) in [6.07, 6.45) is 5.23. The van der Waals surface area contributed by atoms with Gasteiger partial charge < -0.3 is 15.3 Å². The zero-order valence-electron chi connectivity index (χ0n) is 19.1. The number of benzene rings is 1. The van der Waals surface area contributed by atoms with Crippen LogP contribution in [0.25, 0.3) is 6.08 Å². The maximum atomic E-state index is 12.7. The number of hydrogen-bond acceptors (Lipinski definition) is 4. The zero-order valence-corrected chi connectivity index (χ0v) is 19.9. The SMILES string of the molecule is Cc1c(C=C2CCN(C(=O)O)C(C(C)(C)C)C2)cc(Cl)cc1NC(=O)c1cncc(C#N)c1. The molecule has 1 aromatic heterocycles. The molecular formula is C25H27ClN4O3. The average Bonchev–Trinajstić information content (AvgIpc) is 2.76. The van der Waals surface area contributed by atoms with Gasteiger partial charge in [-0.2, -0.15) is 5.26 Å². The summed E-state index contributed by atoms with van der Waals surface area (Å²) in [5.74, 6) is -0.383. The van der Waals surface area contributed by atoms with Gasteiger partial charge in [0.25, 0.3) is 5.91 Å². The summed E-state index contributed by atoms with van der Waals surface area (Å²) in [5, 5.41) is 22.0. The first-order valence-corrected chi connectivity index (χ1v) is 11.0. The van der Waals surface area contributed by atoms with Crippen molar-refractivity contribution in [1.82, 2.24) is 9.88 Å². The van der Waals surface area contributed by atoms with Gasteiger partial charge in [0.2, 0.25) is 0 Å². The lowest BCUT2D eigenvalue weighted by molar-refractivity contribution is 0.0724. The first-order valence-electron chi connectivity index (χ1n) is 10.6. The van der Waals surface area contributed by atoms with E-state index in [9.17, 15) is 14.7 Å². The molecule has 2 N–H and O–H groups in total. The van der Waals surface area contributed by atoms with Gasteiger partial charge >= 0.3 is 6.09 Å². The summed E-state index contributed by atoms with van der Waals surface area (Å²) < 4.78 is 0. The largest absolute Gasteiger partial charge is 0.465 e. The molecule has 1 atom stereocenters. The van der Waals surface area contributed by atoms with E-state index in [1.807, 2.05) is 45.9 Å². The summed E-state index contributed by atoms with van der Waals surface area (Å²) in [5.41, 5.74) is 3.80. The maximum Gasteiger partial charge on any atom is 0.407 e. The summed E-state index contributed by atoms with van der Waals surface area (Å²) in [6, 6.07) is 6.85. The highest BCUT2D eigenvalue weighted by atomic mass is 35.5. The number of nitriles is 1. The molecule has 0 spiro atoms. The number of halogens is 1. The van der Waals surface area contributed by atoms with Crippen LogP contribution < -0.4 is 5.32 Å². The van der Waals surface area contributed by atoms with Crippen LogP contribution in [0.5, 0.6) is 0 Å². The highest BCUT2D eigenvalue weighted by Gasteiger charge is 2.36. The quantitative estimate of drug-likeness (QED) is 0.599. The fraction of sp³-hybridized carbons (Fsp3) is 0.360. The van der Waals surface area contributed by atoms with Crippen molar-refractivity contribution in [3.63, 3.8) is 0 Å². The predicted molar refractivity (Wildman–Crippen MR) is 128 cm³/mol. The molecule has 1 saturated heterocycles. The Balaban J connectivity index is 1.89. The Morgan fingerprint density at radius 1 is 1.30 bits per heavy atom. The molecule has 7 nitrogen and oxygen atoms in total. The Labute approximate surface area is 198 Å². The van der Waals surface area contributed by atoms with E-state index in [0.717, 1.165) is 16.7 Å². The van der Waals surface area contributed by atoms with Crippen LogP contribution in [0.3, 0.4) is 0 Å². The van der Waals surface area contributed by atoms with Gasteiger partial charge in [-0.3, -0.25) is 9.78 Å². The van der Waals surface area contributed by atoms with E-state index >= 15 is 0 Å². The minimum Gasteiger partial charge on any atom is -0.465 e. The van der Waals surface area contributed by atoms with Crippen LogP contribution in [-0.2, 0) is 0 Å². The fourth-order valence-corrected chi connectivity index (χ4v) is 4.26. The molecule has 172 valence electrons. The van der Waals surface area contributed by atoms with Gasteiger partial charge in [0.05, 0.1) is 11.1 Å². The second-order valence-corrected chi connectivity index (χ2v) is 9.75. The van der Waals surface area contributed by atoms with E-state index in [2.05, 4.69) is 10.3 Å². The van der Waals surface area contributed by atoms with Gasteiger partial charge in [0.15, 0.2) is 0 Å². The molecule has 1 unspecified atom stereocenters. The van der Waals surface area contributed by atoms with Crippen molar-refractivity contribution in [3.8, 4) is 6.07 Å². The molecule has 0 saturated carbocycles. The van der Waals surface area contributed by atoms with Crippen LogP contribution in [0.1, 0.15) is 60.7 Å².